The van der Waals surface area contributed by atoms with Gasteiger partial charge in [0, 0.05) is 6.61 Å². The van der Waals surface area contributed by atoms with Crippen molar-refractivity contribution in [1.82, 2.24) is 9.55 Å². The van der Waals surface area contributed by atoms with Crippen molar-refractivity contribution >= 4 is 16.9 Å². The summed E-state index contributed by atoms with van der Waals surface area (Å²) in [7, 11) is 0. The molecule has 1 aromatic heterocycles. The molecule has 1 aliphatic rings. The van der Waals surface area contributed by atoms with Crippen LogP contribution in [0, 0.1) is 0 Å². The molecule has 1 aromatic carbocycles. The number of nitrogens with two attached hydrogens (primary N) is 1. The highest BCUT2D eigenvalue weighted by molar-refractivity contribution is 5.78. The predicted octanol–water partition coefficient (Wildman–Crippen LogP) is 1.16. The van der Waals surface area contributed by atoms with Gasteiger partial charge in [-0.3, -0.25) is 9.36 Å². The highest BCUT2D eigenvalue weighted by atomic mass is 16.5. The number of anilines is 1. The van der Waals surface area contributed by atoms with Gasteiger partial charge in [0.25, 0.3) is 5.56 Å². The molecule has 18 heavy (non-hydrogen) atoms. The van der Waals surface area contributed by atoms with Crippen LogP contribution in [-0.4, -0.2) is 22.3 Å². The minimum absolute atomic E-state index is 0.0768. The first-order chi connectivity index (χ1) is 8.75. The highest BCUT2D eigenvalue weighted by Crippen LogP contribution is 2.15. The average Bonchev–Trinajstić information content (AvgIpc) is 2.87. The van der Waals surface area contributed by atoms with E-state index in [1.54, 1.807) is 12.1 Å². The lowest BCUT2D eigenvalue weighted by Crippen LogP contribution is -2.29. The van der Waals surface area contributed by atoms with Gasteiger partial charge >= 0.3 is 0 Å². The maximum absolute atomic E-state index is 12.3. The molecule has 0 radical (unpaired) electrons. The summed E-state index contributed by atoms with van der Waals surface area (Å²) in [4.78, 5) is 16.6. The largest absolute Gasteiger partial charge is 0.376 e. The summed E-state index contributed by atoms with van der Waals surface area (Å²) in [5.74, 6) is 0.259. The van der Waals surface area contributed by atoms with Gasteiger partial charge in [-0.1, -0.05) is 12.1 Å². The number of para-hydroxylation sites is 1. The predicted molar refractivity (Wildman–Crippen MR) is 69.4 cm³/mol. The molecule has 0 amide bonds. The number of fused-ring (bicyclic) bond motifs is 1. The number of benzene rings is 1. The third kappa shape index (κ3) is 1.86. The molecule has 2 aromatic rings. The van der Waals surface area contributed by atoms with Crippen molar-refractivity contribution in [3.8, 4) is 0 Å². The van der Waals surface area contributed by atoms with Crippen molar-refractivity contribution in [2.45, 2.75) is 25.5 Å². The number of nitrogen functional groups attached to an aromatic ring is 1. The van der Waals surface area contributed by atoms with Crippen molar-refractivity contribution in [3.63, 3.8) is 0 Å². The van der Waals surface area contributed by atoms with Gasteiger partial charge < -0.3 is 10.5 Å². The van der Waals surface area contributed by atoms with E-state index in [0.717, 1.165) is 19.4 Å². The number of nitrogens with zero attached hydrogens (tertiary/aromatic N) is 2. The van der Waals surface area contributed by atoms with Gasteiger partial charge in [-0.25, -0.2) is 4.98 Å². The zero-order chi connectivity index (χ0) is 12.5. The molecule has 2 heterocycles. The summed E-state index contributed by atoms with van der Waals surface area (Å²) in [6.07, 6.45) is 2.09. The Kier molecular flexibility index (Phi) is 2.76. The average molecular weight is 245 g/mol. The van der Waals surface area contributed by atoms with E-state index in [1.807, 2.05) is 12.1 Å². The maximum atomic E-state index is 12.3. The molecule has 1 atom stereocenters. The van der Waals surface area contributed by atoms with Crippen molar-refractivity contribution in [1.29, 1.82) is 0 Å². The van der Waals surface area contributed by atoms with E-state index < -0.39 is 0 Å². The van der Waals surface area contributed by atoms with Gasteiger partial charge in [-0.2, -0.15) is 0 Å². The summed E-state index contributed by atoms with van der Waals surface area (Å²) in [5, 5.41) is 0.602. The van der Waals surface area contributed by atoms with Crippen molar-refractivity contribution in [2.75, 3.05) is 12.3 Å². The van der Waals surface area contributed by atoms with Crippen LogP contribution in [0.4, 0.5) is 5.95 Å². The Morgan fingerprint density at radius 1 is 1.44 bits per heavy atom. The van der Waals surface area contributed by atoms with Gasteiger partial charge in [-0.15, -0.1) is 0 Å². The van der Waals surface area contributed by atoms with E-state index >= 15 is 0 Å². The smallest absolute Gasteiger partial charge is 0.262 e. The van der Waals surface area contributed by atoms with E-state index in [4.69, 9.17) is 10.5 Å². The molecule has 5 nitrogen and oxygen atoms in total. The molecule has 94 valence electrons. The van der Waals surface area contributed by atoms with Gasteiger partial charge in [-0.05, 0) is 25.0 Å². The van der Waals surface area contributed by atoms with Crippen LogP contribution in [0.25, 0.3) is 10.9 Å². The molecule has 0 aliphatic carbocycles. The Balaban J connectivity index is 2.07. The van der Waals surface area contributed by atoms with E-state index in [0.29, 0.717) is 17.4 Å². The second kappa shape index (κ2) is 4.42. The van der Waals surface area contributed by atoms with Gasteiger partial charge in [0.2, 0.25) is 5.95 Å². The molecule has 1 saturated heterocycles. The standard InChI is InChI=1S/C13H15N3O2/c14-13-15-11-6-2-1-5-10(11)12(17)16(13)8-9-4-3-7-18-9/h1-2,5-6,9H,3-4,7-8H2,(H2,14,15)/t9-/m0/s1. The normalized spacial score (nSPS) is 19.4. The molecule has 1 aliphatic heterocycles. The fourth-order valence-electron chi connectivity index (χ4n) is 2.35. The van der Waals surface area contributed by atoms with Crippen LogP contribution in [-0.2, 0) is 11.3 Å². The fourth-order valence-corrected chi connectivity index (χ4v) is 2.35. The van der Waals surface area contributed by atoms with Crippen LogP contribution in [0.5, 0.6) is 0 Å². The molecule has 0 saturated carbocycles. The van der Waals surface area contributed by atoms with Gasteiger partial charge in [0.15, 0.2) is 0 Å². The van der Waals surface area contributed by atoms with E-state index in [2.05, 4.69) is 4.98 Å². The molecule has 1 fully saturated rings. The quantitative estimate of drug-likeness (QED) is 0.861. The van der Waals surface area contributed by atoms with E-state index in [1.165, 1.54) is 4.57 Å². The minimum Gasteiger partial charge on any atom is -0.376 e. The van der Waals surface area contributed by atoms with Gasteiger partial charge in [0.05, 0.1) is 23.6 Å². The van der Waals surface area contributed by atoms with Gasteiger partial charge in [0.1, 0.15) is 0 Å². The number of hydrogen-bond donors (Lipinski definition) is 1. The topological polar surface area (TPSA) is 70.1 Å². The van der Waals surface area contributed by atoms with Crippen LogP contribution in [0.1, 0.15) is 12.8 Å². The van der Waals surface area contributed by atoms with E-state index in [9.17, 15) is 4.79 Å². The number of hydrogen-bond acceptors (Lipinski definition) is 4. The monoisotopic (exact) mass is 245 g/mol. The SMILES string of the molecule is Nc1nc2ccccc2c(=O)n1C[C@@H]1CCCO1. The molecular formula is C13H15N3O2. The van der Waals surface area contributed by atoms with Crippen LogP contribution in [0.3, 0.4) is 0 Å². The summed E-state index contributed by atoms with van der Waals surface area (Å²) in [6, 6.07) is 7.25. The summed E-state index contributed by atoms with van der Waals surface area (Å²) in [6.45, 7) is 1.25. The van der Waals surface area contributed by atoms with Crippen molar-refractivity contribution < 1.29 is 4.74 Å². The second-order valence-electron chi connectivity index (χ2n) is 4.54. The maximum Gasteiger partial charge on any atom is 0.262 e. The summed E-state index contributed by atoms with van der Waals surface area (Å²) < 4.78 is 7.05. The molecule has 2 N–H and O–H groups in total. The summed E-state index contributed by atoms with van der Waals surface area (Å²) in [5.41, 5.74) is 6.41. The lowest BCUT2D eigenvalue weighted by molar-refractivity contribution is 0.0966. The van der Waals surface area contributed by atoms with Crippen LogP contribution in [0.15, 0.2) is 29.1 Å². The first-order valence-corrected chi connectivity index (χ1v) is 6.12. The molecule has 5 heteroatoms. The molecule has 0 bridgehead atoms. The van der Waals surface area contributed by atoms with E-state index in [-0.39, 0.29) is 17.6 Å². The molecule has 0 spiro atoms. The molecular weight excluding hydrogens is 230 g/mol. The summed E-state index contributed by atoms with van der Waals surface area (Å²) >= 11 is 0. The minimum atomic E-state index is -0.0893. The third-order valence-corrected chi connectivity index (χ3v) is 3.30. The molecule has 3 rings (SSSR count). The zero-order valence-corrected chi connectivity index (χ0v) is 10.0. The van der Waals surface area contributed by atoms with Crippen LogP contribution < -0.4 is 11.3 Å². The Hall–Kier alpha value is -1.88. The lowest BCUT2D eigenvalue weighted by atomic mass is 10.2. The second-order valence-corrected chi connectivity index (χ2v) is 4.54. The Bertz CT molecular complexity index is 630. The first kappa shape index (κ1) is 11.2. The van der Waals surface area contributed by atoms with Crippen molar-refractivity contribution in [2.24, 2.45) is 0 Å². The Morgan fingerprint density at radius 2 is 2.28 bits per heavy atom. The van der Waals surface area contributed by atoms with Crippen molar-refractivity contribution in [3.05, 3.63) is 34.6 Å². The third-order valence-electron chi connectivity index (χ3n) is 3.30. The number of aromatic nitrogens is 2. The highest BCUT2D eigenvalue weighted by Gasteiger charge is 2.18. The van der Waals surface area contributed by atoms with Crippen LogP contribution >= 0.6 is 0 Å². The first-order valence-electron chi connectivity index (χ1n) is 6.12. The Labute approximate surface area is 104 Å². The molecule has 0 unspecified atom stereocenters. The fraction of sp³-hybridized carbons (Fsp3) is 0.385. The lowest BCUT2D eigenvalue weighted by Gasteiger charge is -2.14. The zero-order valence-electron chi connectivity index (χ0n) is 10.0. The Morgan fingerprint density at radius 3 is 3.06 bits per heavy atom. The number of ether oxygens (including phenoxy) is 1. The van der Waals surface area contributed by atoms with Crippen LogP contribution in [0.2, 0.25) is 0 Å². The number of rotatable bonds is 2.